The molecule has 92 valence electrons. The quantitative estimate of drug-likeness (QED) is 0.894. The van der Waals surface area contributed by atoms with Crippen LogP contribution in [0.15, 0.2) is 34.9 Å². The standard InChI is InChI=1S/C14H15N3O/c1-10-6-14(18-17-10)9-16-11(2)13-5-3-4-12(7-13)8-15/h3-7,11,16H,9H2,1-2H3. The van der Waals surface area contributed by atoms with Gasteiger partial charge in [-0.1, -0.05) is 17.3 Å². The minimum Gasteiger partial charge on any atom is -0.360 e. The molecule has 0 amide bonds. The predicted molar refractivity (Wildman–Crippen MR) is 67.7 cm³/mol. The summed E-state index contributed by atoms with van der Waals surface area (Å²) in [6, 6.07) is 11.8. The average molecular weight is 241 g/mol. The summed E-state index contributed by atoms with van der Waals surface area (Å²) in [5.41, 5.74) is 2.65. The molecule has 1 atom stereocenters. The van der Waals surface area contributed by atoms with Crippen LogP contribution in [0, 0.1) is 18.3 Å². The summed E-state index contributed by atoms with van der Waals surface area (Å²) >= 11 is 0. The van der Waals surface area contributed by atoms with Crippen LogP contribution in [-0.2, 0) is 6.54 Å². The maximum atomic E-state index is 8.86. The molecule has 0 spiro atoms. The van der Waals surface area contributed by atoms with E-state index < -0.39 is 0 Å². The number of rotatable bonds is 4. The third-order valence-corrected chi connectivity index (χ3v) is 2.77. The number of nitrogens with one attached hydrogen (secondary N) is 1. The van der Waals surface area contributed by atoms with Crippen molar-refractivity contribution in [2.75, 3.05) is 0 Å². The molecule has 0 aliphatic heterocycles. The summed E-state index contributed by atoms with van der Waals surface area (Å²) in [7, 11) is 0. The summed E-state index contributed by atoms with van der Waals surface area (Å²) in [5.74, 6) is 0.816. The SMILES string of the molecule is Cc1cc(CNC(C)c2cccc(C#N)c2)on1. The average Bonchev–Trinajstić information content (AvgIpc) is 2.82. The Morgan fingerprint density at radius 3 is 2.94 bits per heavy atom. The fraction of sp³-hybridized carbons (Fsp3) is 0.286. The molecule has 0 aliphatic rings. The lowest BCUT2D eigenvalue weighted by atomic mass is 10.1. The van der Waals surface area contributed by atoms with Crippen LogP contribution >= 0.6 is 0 Å². The lowest BCUT2D eigenvalue weighted by molar-refractivity contribution is 0.363. The monoisotopic (exact) mass is 241 g/mol. The Morgan fingerprint density at radius 1 is 1.44 bits per heavy atom. The topological polar surface area (TPSA) is 61.9 Å². The summed E-state index contributed by atoms with van der Waals surface area (Å²) in [6.07, 6.45) is 0. The van der Waals surface area contributed by atoms with E-state index in [0.717, 1.165) is 17.0 Å². The Kier molecular flexibility index (Phi) is 3.75. The van der Waals surface area contributed by atoms with Gasteiger partial charge in [0.05, 0.1) is 23.9 Å². The van der Waals surface area contributed by atoms with Gasteiger partial charge in [0, 0.05) is 12.1 Å². The molecule has 0 saturated heterocycles. The molecule has 1 heterocycles. The van der Waals surface area contributed by atoms with E-state index in [0.29, 0.717) is 12.1 Å². The van der Waals surface area contributed by atoms with Crippen LogP contribution in [0.3, 0.4) is 0 Å². The fourth-order valence-electron chi connectivity index (χ4n) is 1.75. The zero-order valence-corrected chi connectivity index (χ0v) is 10.5. The van der Waals surface area contributed by atoms with Gasteiger partial charge in [-0.15, -0.1) is 0 Å². The van der Waals surface area contributed by atoms with E-state index >= 15 is 0 Å². The molecule has 0 aliphatic carbocycles. The number of aryl methyl sites for hydroxylation is 1. The minimum atomic E-state index is 0.156. The van der Waals surface area contributed by atoms with Crippen molar-refractivity contribution in [3.05, 3.63) is 52.9 Å². The molecule has 4 heteroatoms. The van der Waals surface area contributed by atoms with Crippen molar-refractivity contribution in [1.82, 2.24) is 10.5 Å². The molecule has 1 N–H and O–H groups in total. The van der Waals surface area contributed by atoms with Crippen LogP contribution in [0.5, 0.6) is 0 Å². The molecule has 2 aromatic rings. The highest BCUT2D eigenvalue weighted by atomic mass is 16.5. The first-order chi connectivity index (χ1) is 8.69. The van der Waals surface area contributed by atoms with Gasteiger partial charge in [-0.3, -0.25) is 0 Å². The predicted octanol–water partition coefficient (Wildman–Crippen LogP) is 2.71. The van der Waals surface area contributed by atoms with Crippen molar-refractivity contribution in [3.63, 3.8) is 0 Å². The van der Waals surface area contributed by atoms with Crippen LogP contribution in [0.25, 0.3) is 0 Å². The van der Waals surface area contributed by atoms with Crippen LogP contribution in [0.2, 0.25) is 0 Å². The third kappa shape index (κ3) is 2.96. The minimum absolute atomic E-state index is 0.156. The maximum Gasteiger partial charge on any atom is 0.150 e. The molecule has 0 saturated carbocycles. The second-order valence-electron chi connectivity index (χ2n) is 4.27. The van der Waals surface area contributed by atoms with Gasteiger partial charge in [0.25, 0.3) is 0 Å². The largest absolute Gasteiger partial charge is 0.360 e. The van der Waals surface area contributed by atoms with E-state index in [9.17, 15) is 0 Å². The van der Waals surface area contributed by atoms with Crippen LogP contribution in [0.4, 0.5) is 0 Å². The zero-order chi connectivity index (χ0) is 13.0. The summed E-state index contributed by atoms with van der Waals surface area (Å²) in [4.78, 5) is 0. The number of hydrogen-bond donors (Lipinski definition) is 1. The summed E-state index contributed by atoms with van der Waals surface area (Å²) in [5, 5.41) is 16.0. The van der Waals surface area contributed by atoms with Crippen molar-refractivity contribution in [2.24, 2.45) is 0 Å². The molecule has 4 nitrogen and oxygen atoms in total. The summed E-state index contributed by atoms with van der Waals surface area (Å²) in [6.45, 7) is 4.57. The molecule has 1 unspecified atom stereocenters. The van der Waals surface area contributed by atoms with Crippen LogP contribution in [0.1, 0.15) is 35.5 Å². The number of aromatic nitrogens is 1. The lowest BCUT2D eigenvalue weighted by Crippen LogP contribution is -2.17. The van der Waals surface area contributed by atoms with E-state index in [1.54, 1.807) is 6.07 Å². The first-order valence-corrected chi connectivity index (χ1v) is 5.84. The number of nitrogens with zero attached hydrogens (tertiary/aromatic N) is 2. The van der Waals surface area contributed by atoms with Gasteiger partial charge in [-0.05, 0) is 31.5 Å². The van der Waals surface area contributed by atoms with Crippen molar-refractivity contribution >= 4 is 0 Å². The third-order valence-electron chi connectivity index (χ3n) is 2.77. The molecule has 2 rings (SSSR count). The van der Waals surface area contributed by atoms with Crippen LogP contribution < -0.4 is 5.32 Å². The Balaban J connectivity index is 1.99. The molecule has 1 aromatic carbocycles. The smallest absolute Gasteiger partial charge is 0.150 e. The fourth-order valence-corrected chi connectivity index (χ4v) is 1.75. The van der Waals surface area contributed by atoms with E-state index in [4.69, 9.17) is 9.78 Å². The van der Waals surface area contributed by atoms with Crippen molar-refractivity contribution in [2.45, 2.75) is 26.4 Å². The van der Waals surface area contributed by atoms with Crippen molar-refractivity contribution in [3.8, 4) is 6.07 Å². The highest BCUT2D eigenvalue weighted by molar-refractivity contribution is 5.34. The van der Waals surface area contributed by atoms with Gasteiger partial charge in [-0.25, -0.2) is 0 Å². The van der Waals surface area contributed by atoms with E-state index in [1.807, 2.05) is 31.2 Å². The van der Waals surface area contributed by atoms with E-state index in [2.05, 4.69) is 23.5 Å². The van der Waals surface area contributed by atoms with E-state index in [-0.39, 0.29) is 6.04 Å². The van der Waals surface area contributed by atoms with Crippen molar-refractivity contribution in [1.29, 1.82) is 5.26 Å². The van der Waals surface area contributed by atoms with Gasteiger partial charge in [0.15, 0.2) is 5.76 Å². The summed E-state index contributed by atoms with van der Waals surface area (Å²) < 4.78 is 5.13. The Labute approximate surface area is 106 Å². The molecular weight excluding hydrogens is 226 g/mol. The second kappa shape index (κ2) is 5.48. The van der Waals surface area contributed by atoms with Crippen molar-refractivity contribution < 1.29 is 4.52 Å². The Hall–Kier alpha value is -2.12. The van der Waals surface area contributed by atoms with Gasteiger partial charge < -0.3 is 9.84 Å². The van der Waals surface area contributed by atoms with Gasteiger partial charge in [0.1, 0.15) is 0 Å². The zero-order valence-electron chi connectivity index (χ0n) is 10.5. The first kappa shape index (κ1) is 12.3. The Morgan fingerprint density at radius 2 is 2.28 bits per heavy atom. The van der Waals surface area contributed by atoms with E-state index in [1.165, 1.54) is 0 Å². The van der Waals surface area contributed by atoms with Gasteiger partial charge in [0.2, 0.25) is 0 Å². The highest BCUT2D eigenvalue weighted by Crippen LogP contribution is 2.14. The number of benzene rings is 1. The van der Waals surface area contributed by atoms with Gasteiger partial charge >= 0.3 is 0 Å². The molecule has 1 aromatic heterocycles. The molecule has 18 heavy (non-hydrogen) atoms. The molecular formula is C14H15N3O. The molecule has 0 radical (unpaired) electrons. The normalized spacial score (nSPS) is 12.1. The Bertz CT molecular complexity index is 568. The number of nitriles is 1. The maximum absolute atomic E-state index is 8.86. The van der Waals surface area contributed by atoms with Crippen LogP contribution in [-0.4, -0.2) is 5.16 Å². The molecule has 0 bridgehead atoms. The lowest BCUT2D eigenvalue weighted by Gasteiger charge is -2.13. The van der Waals surface area contributed by atoms with Gasteiger partial charge in [-0.2, -0.15) is 5.26 Å². The molecule has 0 fully saturated rings. The highest BCUT2D eigenvalue weighted by Gasteiger charge is 2.07. The first-order valence-electron chi connectivity index (χ1n) is 5.84. The number of hydrogen-bond acceptors (Lipinski definition) is 4. The second-order valence-corrected chi connectivity index (χ2v) is 4.27.